The molecule has 15 nitrogen and oxygen atoms in total. The molecule has 0 radical (unpaired) electrons. The smallest absolute Gasteiger partial charge is 0.378 e. The summed E-state index contributed by atoms with van der Waals surface area (Å²) < 4.78 is 35.1. The Morgan fingerprint density at radius 1 is 0.891 bits per heavy atom. The van der Waals surface area contributed by atoms with E-state index in [1.807, 2.05) is 6.92 Å². The molecule has 0 aliphatic carbocycles. The molecular weight excluding hydrogens is 606 g/mol. The maximum Gasteiger partial charge on any atom is 0.378 e. The number of esters is 2. The first-order chi connectivity index (χ1) is 22.0. The van der Waals surface area contributed by atoms with E-state index in [-0.39, 0.29) is 59.7 Å². The molecule has 5 aromatic rings. The summed E-state index contributed by atoms with van der Waals surface area (Å²) in [6, 6.07) is 4.94. The third-order valence-electron chi connectivity index (χ3n) is 6.25. The van der Waals surface area contributed by atoms with Crippen LogP contribution in [0.1, 0.15) is 56.7 Å². The molecule has 6 heterocycles. The highest BCUT2D eigenvalue weighted by Gasteiger charge is 2.28. The Labute approximate surface area is 261 Å². The summed E-state index contributed by atoms with van der Waals surface area (Å²) in [4.78, 5) is 46.2. The molecule has 1 aliphatic rings. The SMILES string of the molecule is CCOC(=O)c1oc2cnccc2c1O.CCOC(=O)c1oc2nc(C)cc(OC)c2c1O.COc1cc(C)nc2c1C(=O)CO2. The summed E-state index contributed by atoms with van der Waals surface area (Å²) in [5.74, 6) is -1.10. The molecule has 0 atom stereocenters. The summed E-state index contributed by atoms with van der Waals surface area (Å²) >= 11 is 0. The number of rotatable bonds is 6. The molecule has 0 saturated heterocycles. The number of furan rings is 2. The second-order valence-electron chi connectivity index (χ2n) is 9.38. The Morgan fingerprint density at radius 2 is 1.50 bits per heavy atom. The molecule has 0 spiro atoms. The number of aromatic nitrogens is 3. The van der Waals surface area contributed by atoms with Crippen molar-refractivity contribution in [1.29, 1.82) is 0 Å². The van der Waals surface area contributed by atoms with Gasteiger partial charge in [0.15, 0.2) is 23.7 Å². The summed E-state index contributed by atoms with van der Waals surface area (Å²) in [7, 11) is 2.99. The van der Waals surface area contributed by atoms with Crippen molar-refractivity contribution >= 4 is 39.8 Å². The lowest BCUT2D eigenvalue weighted by Gasteiger charge is -2.04. The highest BCUT2D eigenvalue weighted by molar-refractivity contribution is 6.04. The van der Waals surface area contributed by atoms with Gasteiger partial charge in [-0.2, -0.15) is 0 Å². The van der Waals surface area contributed by atoms with Crippen LogP contribution in [-0.4, -0.2) is 76.9 Å². The number of hydrogen-bond donors (Lipinski definition) is 2. The molecule has 46 heavy (non-hydrogen) atoms. The number of aromatic hydroxyl groups is 2. The van der Waals surface area contributed by atoms with Crippen LogP contribution in [0.25, 0.3) is 22.1 Å². The second kappa shape index (κ2) is 14.3. The van der Waals surface area contributed by atoms with E-state index in [1.165, 1.54) is 26.6 Å². The zero-order valence-electron chi connectivity index (χ0n) is 25.8. The first-order valence-corrected chi connectivity index (χ1v) is 13.8. The lowest BCUT2D eigenvalue weighted by Crippen LogP contribution is -2.03. The minimum Gasteiger partial charge on any atom is -0.504 e. The topological polar surface area (TPSA) is 203 Å². The van der Waals surface area contributed by atoms with Gasteiger partial charge in [-0.05, 0) is 33.8 Å². The van der Waals surface area contributed by atoms with Crippen LogP contribution >= 0.6 is 0 Å². The van der Waals surface area contributed by atoms with Gasteiger partial charge in [-0.3, -0.25) is 9.78 Å². The van der Waals surface area contributed by atoms with Crippen LogP contribution in [0.4, 0.5) is 0 Å². The van der Waals surface area contributed by atoms with Gasteiger partial charge in [0.05, 0.1) is 39.0 Å². The number of pyridine rings is 3. The van der Waals surface area contributed by atoms with Gasteiger partial charge in [0.2, 0.25) is 17.4 Å². The zero-order chi connectivity index (χ0) is 33.5. The summed E-state index contributed by atoms with van der Waals surface area (Å²) in [5.41, 5.74) is 2.41. The minimum absolute atomic E-state index is 0.0700. The Bertz CT molecular complexity index is 1910. The molecule has 242 valence electrons. The van der Waals surface area contributed by atoms with E-state index in [2.05, 4.69) is 15.0 Å². The normalized spacial score (nSPS) is 11.5. The zero-order valence-corrected chi connectivity index (χ0v) is 25.8. The standard InChI is InChI=1S/C12H13NO5.C10H9NO4.C9H9NO3/c1-4-17-12(15)10-9(14)8-7(16-3)5-6(2)13-11(8)18-10;1-2-14-10(13)9-8(12)6-3-4-11-5-7(6)15-9;1-5-3-7(12-2)8-6(11)4-13-9(8)10-5/h5,14H,4H2,1-3H3;3-5,12H,2H2,1H3;3H,4H2,1-2H3. The van der Waals surface area contributed by atoms with Gasteiger partial charge in [0, 0.05) is 29.7 Å². The van der Waals surface area contributed by atoms with Gasteiger partial charge < -0.3 is 42.7 Å². The number of carbonyl (C=O) groups is 3. The van der Waals surface area contributed by atoms with Crippen molar-refractivity contribution in [3.8, 4) is 28.9 Å². The monoisotopic (exact) mass is 637 g/mol. The molecule has 1 aliphatic heterocycles. The van der Waals surface area contributed by atoms with Crippen LogP contribution in [0.2, 0.25) is 0 Å². The maximum atomic E-state index is 11.6. The van der Waals surface area contributed by atoms with Crippen LogP contribution in [0.3, 0.4) is 0 Å². The molecular formula is C31H31N3O12. The number of ketones is 1. The van der Waals surface area contributed by atoms with Crippen LogP contribution in [0.15, 0.2) is 39.4 Å². The maximum absolute atomic E-state index is 11.6. The molecule has 0 saturated carbocycles. The van der Waals surface area contributed by atoms with Crippen LogP contribution in [0, 0.1) is 13.8 Å². The lowest BCUT2D eigenvalue weighted by atomic mass is 10.2. The van der Waals surface area contributed by atoms with E-state index >= 15 is 0 Å². The van der Waals surface area contributed by atoms with E-state index in [9.17, 15) is 24.6 Å². The molecule has 0 fully saturated rings. The number of carbonyl (C=O) groups excluding carboxylic acids is 3. The third-order valence-corrected chi connectivity index (χ3v) is 6.25. The molecule has 2 N–H and O–H groups in total. The minimum atomic E-state index is -0.729. The van der Waals surface area contributed by atoms with E-state index in [0.717, 1.165) is 5.69 Å². The van der Waals surface area contributed by atoms with Crippen LogP contribution in [0.5, 0.6) is 28.9 Å². The van der Waals surface area contributed by atoms with Gasteiger partial charge in [0.25, 0.3) is 11.5 Å². The summed E-state index contributed by atoms with van der Waals surface area (Å²) in [6.45, 7) is 7.43. The fourth-order valence-electron chi connectivity index (χ4n) is 4.28. The average molecular weight is 638 g/mol. The van der Waals surface area contributed by atoms with E-state index in [1.54, 1.807) is 39.0 Å². The van der Waals surface area contributed by atoms with E-state index in [0.29, 0.717) is 39.6 Å². The Morgan fingerprint density at radius 3 is 2.11 bits per heavy atom. The van der Waals surface area contributed by atoms with Crippen molar-refractivity contribution in [2.75, 3.05) is 34.0 Å². The van der Waals surface area contributed by atoms with E-state index < -0.39 is 11.9 Å². The number of aryl methyl sites for hydroxylation is 2. The van der Waals surface area contributed by atoms with Crippen molar-refractivity contribution in [3.63, 3.8) is 0 Å². The predicted molar refractivity (Wildman–Crippen MR) is 160 cm³/mol. The Hall–Kier alpha value is -5.86. The first-order valence-electron chi connectivity index (χ1n) is 13.8. The first kappa shape index (κ1) is 33.0. The summed E-state index contributed by atoms with van der Waals surface area (Å²) in [6.07, 6.45) is 2.93. The highest BCUT2D eigenvalue weighted by Crippen LogP contribution is 2.38. The van der Waals surface area contributed by atoms with Crippen LogP contribution < -0.4 is 14.2 Å². The van der Waals surface area contributed by atoms with Crippen molar-refractivity contribution in [2.45, 2.75) is 27.7 Å². The van der Waals surface area contributed by atoms with Crippen molar-refractivity contribution in [1.82, 2.24) is 15.0 Å². The quantitative estimate of drug-likeness (QED) is 0.242. The molecule has 0 bridgehead atoms. The largest absolute Gasteiger partial charge is 0.504 e. The molecule has 0 amide bonds. The number of Topliss-reactive ketones (excluding diaryl/α,β-unsaturated/α-hetero) is 1. The van der Waals surface area contributed by atoms with Crippen molar-refractivity contribution < 1.29 is 57.1 Å². The molecule has 15 heteroatoms. The molecule has 0 unspecified atom stereocenters. The number of methoxy groups -OCH3 is 2. The molecule has 0 aromatic carbocycles. The average Bonchev–Trinajstić information content (AvgIpc) is 3.69. The van der Waals surface area contributed by atoms with Crippen molar-refractivity contribution in [2.24, 2.45) is 0 Å². The molecule has 5 aromatic heterocycles. The van der Waals surface area contributed by atoms with Gasteiger partial charge in [-0.15, -0.1) is 0 Å². The van der Waals surface area contributed by atoms with E-state index in [4.69, 9.17) is 32.5 Å². The predicted octanol–water partition coefficient (Wildman–Crippen LogP) is 4.71. The van der Waals surface area contributed by atoms with Gasteiger partial charge in [-0.25, -0.2) is 19.6 Å². The summed E-state index contributed by atoms with van der Waals surface area (Å²) in [5, 5.41) is 20.4. The Kier molecular flexibility index (Phi) is 10.3. The lowest BCUT2D eigenvalue weighted by molar-refractivity contribution is 0.0479. The second-order valence-corrected chi connectivity index (χ2v) is 9.38. The number of hydrogen-bond acceptors (Lipinski definition) is 15. The van der Waals surface area contributed by atoms with Gasteiger partial charge in [0.1, 0.15) is 22.4 Å². The number of nitrogens with zero attached hydrogens (tertiary/aromatic N) is 3. The fraction of sp³-hybridized carbons (Fsp3) is 0.290. The number of ether oxygens (including phenoxy) is 5. The van der Waals surface area contributed by atoms with Crippen molar-refractivity contribution in [3.05, 3.63) is 59.1 Å². The fourth-order valence-corrected chi connectivity index (χ4v) is 4.28. The molecule has 6 rings (SSSR count). The third kappa shape index (κ3) is 6.77. The Balaban J connectivity index is 0.000000159. The van der Waals surface area contributed by atoms with Gasteiger partial charge in [-0.1, -0.05) is 0 Å². The highest BCUT2D eigenvalue weighted by atomic mass is 16.6. The number of fused-ring (bicyclic) bond motifs is 3. The van der Waals surface area contributed by atoms with Gasteiger partial charge >= 0.3 is 11.9 Å². The van der Waals surface area contributed by atoms with Crippen LogP contribution in [-0.2, 0) is 9.47 Å².